The highest BCUT2D eigenvalue weighted by Gasteiger charge is 2.29. The van der Waals surface area contributed by atoms with Crippen LogP contribution in [-0.4, -0.2) is 36.0 Å². The third-order valence-corrected chi connectivity index (χ3v) is 6.30. The van der Waals surface area contributed by atoms with Crippen LogP contribution in [0.15, 0.2) is 72.1 Å². The summed E-state index contributed by atoms with van der Waals surface area (Å²) in [5, 5.41) is 11.5. The molecule has 7 rings (SSSR count). The van der Waals surface area contributed by atoms with Gasteiger partial charge in [-0.1, -0.05) is 6.07 Å². The second-order valence-corrected chi connectivity index (χ2v) is 8.74. The van der Waals surface area contributed by atoms with E-state index in [0.29, 0.717) is 17.2 Å². The summed E-state index contributed by atoms with van der Waals surface area (Å²) < 4.78 is 5.24. The Balaban J connectivity index is 1.29. The van der Waals surface area contributed by atoms with Gasteiger partial charge in [0, 0.05) is 40.4 Å². The second-order valence-electron chi connectivity index (χ2n) is 8.74. The number of carbonyl (C=O) groups is 1. The number of furan rings is 1. The molecular formula is C26H19N7O2. The second kappa shape index (κ2) is 7.63. The zero-order valence-electron chi connectivity index (χ0n) is 18.4. The average molecular weight is 461 g/mol. The SMILES string of the molecule is O=C(Nc1cncc(-c2ccc3[nH]nc(-c4nc5c(-c6ccoc6)cncc5[nH]4)c3c2)c1)C1CC1. The Bertz CT molecular complexity index is 1710. The molecule has 35 heavy (non-hydrogen) atoms. The molecule has 9 nitrogen and oxygen atoms in total. The monoisotopic (exact) mass is 461 g/mol. The minimum absolute atomic E-state index is 0.0608. The Labute approximate surface area is 198 Å². The molecule has 1 fully saturated rings. The number of hydrogen-bond donors (Lipinski definition) is 3. The van der Waals surface area contributed by atoms with Gasteiger partial charge in [-0.05, 0) is 42.7 Å². The van der Waals surface area contributed by atoms with Gasteiger partial charge in [-0.3, -0.25) is 19.9 Å². The fourth-order valence-electron chi connectivity index (χ4n) is 4.30. The summed E-state index contributed by atoms with van der Waals surface area (Å²) >= 11 is 0. The lowest BCUT2D eigenvalue weighted by molar-refractivity contribution is -0.117. The van der Waals surface area contributed by atoms with E-state index >= 15 is 0 Å². The molecule has 1 saturated carbocycles. The summed E-state index contributed by atoms with van der Waals surface area (Å²) in [6.07, 6.45) is 12.2. The molecule has 6 aromatic rings. The number of anilines is 1. The van der Waals surface area contributed by atoms with Gasteiger partial charge < -0.3 is 14.7 Å². The number of aromatic nitrogens is 6. The van der Waals surface area contributed by atoms with Gasteiger partial charge in [0.15, 0.2) is 5.82 Å². The van der Waals surface area contributed by atoms with E-state index in [1.807, 2.05) is 24.3 Å². The van der Waals surface area contributed by atoms with Gasteiger partial charge in [0.2, 0.25) is 5.91 Å². The van der Waals surface area contributed by atoms with Crippen molar-refractivity contribution in [1.29, 1.82) is 0 Å². The summed E-state index contributed by atoms with van der Waals surface area (Å²) in [5.41, 5.74) is 7.58. The third kappa shape index (κ3) is 3.45. The quantitative estimate of drug-likeness (QED) is 0.325. The van der Waals surface area contributed by atoms with Gasteiger partial charge >= 0.3 is 0 Å². The number of imidazole rings is 1. The van der Waals surface area contributed by atoms with Crippen LogP contribution in [0.25, 0.3) is 55.7 Å². The molecule has 0 bridgehead atoms. The Morgan fingerprint density at radius 2 is 1.89 bits per heavy atom. The van der Waals surface area contributed by atoms with Gasteiger partial charge in [-0.15, -0.1) is 0 Å². The van der Waals surface area contributed by atoms with Crippen molar-refractivity contribution in [3.63, 3.8) is 0 Å². The Hall–Kier alpha value is -4.79. The van der Waals surface area contributed by atoms with Crippen molar-refractivity contribution in [1.82, 2.24) is 30.1 Å². The molecule has 0 unspecified atom stereocenters. The van der Waals surface area contributed by atoms with Crippen molar-refractivity contribution in [2.24, 2.45) is 5.92 Å². The number of rotatable bonds is 5. The van der Waals surface area contributed by atoms with Crippen molar-refractivity contribution < 1.29 is 9.21 Å². The normalized spacial score (nSPS) is 13.5. The molecular weight excluding hydrogens is 442 g/mol. The van der Waals surface area contributed by atoms with Crippen molar-refractivity contribution in [2.45, 2.75) is 12.8 Å². The molecule has 5 aromatic heterocycles. The van der Waals surface area contributed by atoms with E-state index < -0.39 is 0 Å². The first kappa shape index (κ1) is 19.7. The fraction of sp³-hybridized carbons (Fsp3) is 0.115. The Morgan fingerprint density at radius 3 is 2.74 bits per heavy atom. The Morgan fingerprint density at radius 1 is 0.971 bits per heavy atom. The number of carbonyl (C=O) groups excluding carboxylic acids is 1. The van der Waals surface area contributed by atoms with Crippen molar-refractivity contribution in [3.8, 4) is 33.8 Å². The number of nitrogens with zero attached hydrogens (tertiary/aromatic N) is 4. The number of nitrogens with one attached hydrogen (secondary N) is 3. The maximum absolute atomic E-state index is 12.2. The number of fused-ring (bicyclic) bond motifs is 2. The van der Waals surface area contributed by atoms with E-state index in [1.165, 1.54) is 0 Å². The predicted molar refractivity (Wildman–Crippen MR) is 131 cm³/mol. The molecule has 0 spiro atoms. The van der Waals surface area contributed by atoms with Crippen LogP contribution in [0.2, 0.25) is 0 Å². The fourth-order valence-corrected chi connectivity index (χ4v) is 4.30. The molecule has 1 aliphatic rings. The van der Waals surface area contributed by atoms with Crippen molar-refractivity contribution >= 4 is 33.5 Å². The van der Waals surface area contributed by atoms with Gasteiger partial charge in [0.05, 0.1) is 41.6 Å². The van der Waals surface area contributed by atoms with Crippen LogP contribution in [-0.2, 0) is 4.79 Å². The largest absolute Gasteiger partial charge is 0.472 e. The summed E-state index contributed by atoms with van der Waals surface area (Å²) in [4.78, 5) is 29.1. The van der Waals surface area contributed by atoms with Crippen LogP contribution in [0.5, 0.6) is 0 Å². The van der Waals surface area contributed by atoms with Crippen LogP contribution >= 0.6 is 0 Å². The molecule has 9 heteroatoms. The first-order valence-corrected chi connectivity index (χ1v) is 11.3. The van der Waals surface area contributed by atoms with Crippen molar-refractivity contribution in [2.75, 3.05) is 5.32 Å². The van der Waals surface area contributed by atoms with Crippen molar-refractivity contribution in [3.05, 3.63) is 67.6 Å². The van der Waals surface area contributed by atoms with Gasteiger partial charge in [0.1, 0.15) is 11.2 Å². The van der Waals surface area contributed by atoms with Gasteiger partial charge in [-0.2, -0.15) is 5.10 Å². The molecule has 0 radical (unpaired) electrons. The van der Waals surface area contributed by atoms with Crippen LogP contribution in [0, 0.1) is 5.92 Å². The highest BCUT2D eigenvalue weighted by Crippen LogP contribution is 2.34. The first-order valence-electron chi connectivity index (χ1n) is 11.3. The summed E-state index contributed by atoms with van der Waals surface area (Å²) in [6.45, 7) is 0. The third-order valence-electron chi connectivity index (χ3n) is 6.30. The van der Waals surface area contributed by atoms with E-state index in [4.69, 9.17) is 9.40 Å². The highest BCUT2D eigenvalue weighted by atomic mass is 16.3. The summed E-state index contributed by atoms with van der Waals surface area (Å²) in [6, 6.07) is 9.87. The molecule has 0 saturated heterocycles. The number of benzene rings is 1. The van der Waals surface area contributed by atoms with E-state index in [0.717, 1.165) is 57.0 Å². The lowest BCUT2D eigenvalue weighted by Crippen LogP contribution is -2.13. The first-order chi connectivity index (χ1) is 17.2. The standard InChI is InChI=1S/C26H19N7O2/c34-26(14-1-2-14)29-18-7-17(9-27-10-18)15-3-4-21-19(8-15)24(33-32-21)25-30-22-12-28-11-20(23(22)31-25)16-5-6-35-13-16/h3-14H,1-2H2,(H,29,34)(H,30,31)(H,32,33). The van der Waals surface area contributed by atoms with E-state index in [-0.39, 0.29) is 11.8 Å². The summed E-state index contributed by atoms with van der Waals surface area (Å²) in [7, 11) is 0. The van der Waals surface area contributed by atoms with Crippen LogP contribution in [0.3, 0.4) is 0 Å². The van der Waals surface area contributed by atoms with E-state index in [1.54, 1.807) is 37.3 Å². The maximum atomic E-state index is 12.2. The highest BCUT2D eigenvalue weighted by molar-refractivity contribution is 5.98. The minimum Gasteiger partial charge on any atom is -0.472 e. The lowest BCUT2D eigenvalue weighted by Gasteiger charge is -2.07. The molecule has 0 atom stereocenters. The zero-order chi connectivity index (χ0) is 23.4. The summed E-state index contributed by atoms with van der Waals surface area (Å²) in [5.74, 6) is 0.840. The number of amides is 1. The minimum atomic E-state index is 0.0608. The molecule has 0 aliphatic heterocycles. The number of aromatic amines is 2. The van der Waals surface area contributed by atoms with Gasteiger partial charge in [-0.25, -0.2) is 4.98 Å². The maximum Gasteiger partial charge on any atom is 0.227 e. The van der Waals surface area contributed by atoms with Crippen LogP contribution in [0.4, 0.5) is 5.69 Å². The molecule has 1 aliphatic carbocycles. The van der Waals surface area contributed by atoms with E-state index in [2.05, 4.69) is 36.5 Å². The molecule has 1 amide bonds. The van der Waals surface area contributed by atoms with Crippen LogP contribution in [0.1, 0.15) is 12.8 Å². The Kier molecular flexibility index (Phi) is 4.28. The smallest absolute Gasteiger partial charge is 0.227 e. The average Bonchev–Trinajstić information content (AvgIpc) is 3.26. The number of H-pyrrole nitrogens is 2. The molecule has 3 N–H and O–H groups in total. The zero-order valence-corrected chi connectivity index (χ0v) is 18.4. The lowest BCUT2D eigenvalue weighted by atomic mass is 10.0. The predicted octanol–water partition coefficient (Wildman–Crippen LogP) is 5.17. The topological polar surface area (TPSA) is 125 Å². The number of hydrogen-bond acceptors (Lipinski definition) is 6. The van der Waals surface area contributed by atoms with E-state index in [9.17, 15) is 4.79 Å². The molecule has 1 aromatic carbocycles. The van der Waals surface area contributed by atoms with Gasteiger partial charge in [0.25, 0.3) is 0 Å². The van der Waals surface area contributed by atoms with Crippen LogP contribution < -0.4 is 5.32 Å². The number of pyridine rings is 2. The molecule has 5 heterocycles. The molecule has 170 valence electrons.